The average Bonchev–Trinajstić information content (AvgIpc) is 2.59. The van der Waals surface area contributed by atoms with E-state index in [4.69, 9.17) is 0 Å². The first-order valence-corrected chi connectivity index (χ1v) is 8.63. The lowest BCUT2D eigenvalue weighted by atomic mass is 9.75. The van der Waals surface area contributed by atoms with Gasteiger partial charge in [-0.05, 0) is 73.6 Å². The quantitative estimate of drug-likeness (QED) is 0.563. The Hall–Kier alpha value is -1.51. The molecule has 0 aliphatic heterocycles. The first-order valence-electron chi connectivity index (χ1n) is 8.63. The Bertz CT molecular complexity index is 611. The van der Waals surface area contributed by atoms with E-state index in [0.717, 1.165) is 36.5 Å². The van der Waals surface area contributed by atoms with Crippen molar-refractivity contribution in [2.24, 2.45) is 11.8 Å². The van der Waals surface area contributed by atoms with Crippen LogP contribution in [0.3, 0.4) is 0 Å². The summed E-state index contributed by atoms with van der Waals surface area (Å²) >= 11 is 0. The van der Waals surface area contributed by atoms with Crippen LogP contribution in [0.2, 0.25) is 0 Å². The van der Waals surface area contributed by atoms with Gasteiger partial charge in [-0.3, -0.25) is 0 Å². The first kappa shape index (κ1) is 16.4. The van der Waals surface area contributed by atoms with Crippen LogP contribution < -0.4 is 0 Å². The lowest BCUT2D eigenvalue weighted by Gasteiger charge is -2.31. The molecule has 2 aliphatic rings. The zero-order valence-corrected chi connectivity index (χ0v) is 13.5. The number of rotatable bonds is 3. The Morgan fingerprint density at radius 3 is 2.09 bits per heavy atom. The minimum Gasteiger partial charge on any atom is -0.204 e. The Morgan fingerprint density at radius 2 is 1.57 bits per heavy atom. The summed E-state index contributed by atoms with van der Waals surface area (Å²) in [5.74, 6) is -2.08. The summed E-state index contributed by atoms with van der Waals surface area (Å²) in [5, 5.41) is 0. The molecule has 23 heavy (non-hydrogen) atoms. The third-order valence-electron chi connectivity index (χ3n) is 5.48. The molecule has 0 unspecified atom stereocenters. The standard InChI is InChI=1S/C20H23F3/c1-2-13-3-5-14(6-4-13)15-7-9-16(10-8-15)17-11-18(21)20(23)19(22)12-17/h7,9,11-14H,2-6,8,10H2,1H3. The van der Waals surface area contributed by atoms with Gasteiger partial charge >= 0.3 is 0 Å². The van der Waals surface area contributed by atoms with E-state index in [1.54, 1.807) is 0 Å². The molecule has 0 bridgehead atoms. The largest absolute Gasteiger partial charge is 0.204 e. The minimum absolute atomic E-state index is 0.450. The predicted octanol–water partition coefficient (Wildman–Crippen LogP) is 6.42. The van der Waals surface area contributed by atoms with Crippen molar-refractivity contribution in [1.82, 2.24) is 0 Å². The second kappa shape index (κ2) is 6.94. The lowest BCUT2D eigenvalue weighted by molar-refractivity contribution is 0.291. The molecule has 1 fully saturated rings. The highest BCUT2D eigenvalue weighted by atomic mass is 19.2. The van der Waals surface area contributed by atoms with Gasteiger partial charge in [-0.15, -0.1) is 0 Å². The highest BCUT2D eigenvalue weighted by Crippen LogP contribution is 2.39. The second-order valence-corrected chi connectivity index (χ2v) is 6.81. The van der Waals surface area contributed by atoms with Crippen LogP contribution in [0.4, 0.5) is 13.2 Å². The van der Waals surface area contributed by atoms with Crippen LogP contribution in [-0.2, 0) is 0 Å². The molecule has 0 heterocycles. The van der Waals surface area contributed by atoms with Crippen LogP contribution in [-0.4, -0.2) is 0 Å². The second-order valence-electron chi connectivity index (χ2n) is 6.81. The molecule has 1 saturated carbocycles. The van der Waals surface area contributed by atoms with Crippen molar-refractivity contribution in [1.29, 1.82) is 0 Å². The summed E-state index contributed by atoms with van der Waals surface area (Å²) < 4.78 is 39.8. The SMILES string of the molecule is CCC1CCC(C2=CC=C(c3cc(F)c(F)c(F)c3)CC2)CC1. The van der Waals surface area contributed by atoms with Crippen molar-refractivity contribution < 1.29 is 13.2 Å². The van der Waals surface area contributed by atoms with Crippen LogP contribution in [0.25, 0.3) is 5.57 Å². The Labute approximate surface area is 136 Å². The van der Waals surface area contributed by atoms with Crippen LogP contribution in [0.1, 0.15) is 57.4 Å². The molecule has 0 spiro atoms. The van der Waals surface area contributed by atoms with Crippen molar-refractivity contribution in [3.8, 4) is 0 Å². The molecule has 0 radical (unpaired) electrons. The van der Waals surface area contributed by atoms with Gasteiger partial charge in [0.25, 0.3) is 0 Å². The molecular weight excluding hydrogens is 297 g/mol. The van der Waals surface area contributed by atoms with Gasteiger partial charge in [-0.2, -0.15) is 0 Å². The van der Waals surface area contributed by atoms with Gasteiger partial charge in [0.2, 0.25) is 0 Å². The Balaban J connectivity index is 1.73. The van der Waals surface area contributed by atoms with Gasteiger partial charge in [0.1, 0.15) is 0 Å². The normalized spacial score (nSPS) is 25.0. The van der Waals surface area contributed by atoms with E-state index >= 15 is 0 Å². The zero-order valence-electron chi connectivity index (χ0n) is 13.5. The van der Waals surface area contributed by atoms with E-state index in [-0.39, 0.29) is 0 Å². The topological polar surface area (TPSA) is 0 Å². The maximum atomic E-state index is 13.4. The van der Waals surface area contributed by atoms with E-state index in [2.05, 4.69) is 13.0 Å². The molecule has 0 saturated heterocycles. The van der Waals surface area contributed by atoms with Gasteiger partial charge < -0.3 is 0 Å². The molecule has 0 amide bonds. The van der Waals surface area contributed by atoms with Crippen molar-refractivity contribution in [2.45, 2.75) is 51.9 Å². The van der Waals surface area contributed by atoms with Crippen molar-refractivity contribution in [3.05, 3.63) is 52.9 Å². The average molecular weight is 320 g/mol. The fourth-order valence-corrected chi connectivity index (χ4v) is 3.92. The molecule has 0 atom stereocenters. The summed E-state index contributed by atoms with van der Waals surface area (Å²) in [6.07, 6.45) is 12.2. The van der Waals surface area contributed by atoms with E-state index in [9.17, 15) is 13.2 Å². The van der Waals surface area contributed by atoms with Crippen LogP contribution in [0.15, 0.2) is 29.9 Å². The maximum Gasteiger partial charge on any atom is 0.194 e. The van der Waals surface area contributed by atoms with Gasteiger partial charge in [0.05, 0.1) is 0 Å². The summed E-state index contributed by atoms with van der Waals surface area (Å²) in [4.78, 5) is 0. The zero-order chi connectivity index (χ0) is 16.4. The highest BCUT2D eigenvalue weighted by Gasteiger charge is 2.24. The lowest BCUT2D eigenvalue weighted by Crippen LogP contribution is -2.16. The van der Waals surface area contributed by atoms with Crippen molar-refractivity contribution >= 4 is 5.57 Å². The Kier molecular flexibility index (Phi) is 4.93. The number of hydrogen-bond acceptors (Lipinski definition) is 0. The fraction of sp³-hybridized carbons (Fsp3) is 0.500. The smallest absolute Gasteiger partial charge is 0.194 e. The van der Waals surface area contributed by atoms with Gasteiger partial charge in [-0.1, -0.05) is 31.1 Å². The monoisotopic (exact) mass is 320 g/mol. The molecule has 0 N–H and O–H groups in total. The summed E-state index contributed by atoms with van der Waals surface area (Å²) in [7, 11) is 0. The van der Waals surface area contributed by atoms with Crippen LogP contribution in [0, 0.1) is 29.3 Å². The maximum absolute atomic E-state index is 13.4. The third kappa shape index (κ3) is 3.54. The number of halogens is 3. The van der Waals surface area contributed by atoms with E-state index < -0.39 is 17.5 Å². The van der Waals surface area contributed by atoms with E-state index in [1.165, 1.54) is 37.7 Å². The molecule has 2 aliphatic carbocycles. The molecule has 0 nitrogen and oxygen atoms in total. The number of benzene rings is 1. The van der Waals surface area contributed by atoms with Gasteiger partial charge in [0.15, 0.2) is 17.5 Å². The summed E-state index contributed by atoms with van der Waals surface area (Å²) in [5.41, 5.74) is 2.80. The predicted molar refractivity (Wildman–Crippen MR) is 87.3 cm³/mol. The summed E-state index contributed by atoms with van der Waals surface area (Å²) in [6, 6.07) is 2.19. The highest BCUT2D eigenvalue weighted by molar-refractivity contribution is 5.69. The minimum atomic E-state index is -1.39. The third-order valence-corrected chi connectivity index (χ3v) is 5.48. The molecule has 1 aromatic rings. The number of hydrogen-bond donors (Lipinski definition) is 0. The molecule has 0 aromatic heterocycles. The van der Waals surface area contributed by atoms with E-state index in [1.807, 2.05) is 6.08 Å². The first-order chi connectivity index (χ1) is 11.1. The van der Waals surface area contributed by atoms with Crippen LogP contribution >= 0.6 is 0 Å². The molecule has 124 valence electrons. The molecular formula is C20H23F3. The fourth-order valence-electron chi connectivity index (χ4n) is 3.92. The van der Waals surface area contributed by atoms with Crippen molar-refractivity contribution in [3.63, 3.8) is 0 Å². The summed E-state index contributed by atoms with van der Waals surface area (Å²) in [6.45, 7) is 2.26. The van der Waals surface area contributed by atoms with Gasteiger partial charge in [0, 0.05) is 0 Å². The molecule has 3 rings (SSSR count). The molecule has 3 heteroatoms. The van der Waals surface area contributed by atoms with Crippen LogP contribution in [0.5, 0.6) is 0 Å². The molecule has 1 aromatic carbocycles. The Morgan fingerprint density at radius 1 is 0.913 bits per heavy atom. The number of allylic oxidation sites excluding steroid dienone is 4. The van der Waals surface area contributed by atoms with Crippen molar-refractivity contribution in [2.75, 3.05) is 0 Å². The van der Waals surface area contributed by atoms with Gasteiger partial charge in [-0.25, -0.2) is 13.2 Å². The van der Waals surface area contributed by atoms with E-state index in [0.29, 0.717) is 11.5 Å².